The summed E-state index contributed by atoms with van der Waals surface area (Å²) < 4.78 is 7.48. The molecule has 9 nitrogen and oxygen atoms in total. The third-order valence-electron chi connectivity index (χ3n) is 7.24. The van der Waals surface area contributed by atoms with Gasteiger partial charge in [0, 0.05) is 53.5 Å². The second-order valence-electron chi connectivity index (χ2n) is 10.0. The van der Waals surface area contributed by atoms with Crippen molar-refractivity contribution in [1.82, 2.24) is 19.4 Å². The number of hydrogen-bond donors (Lipinski definition) is 2. The Morgan fingerprint density at radius 3 is 2.48 bits per heavy atom. The van der Waals surface area contributed by atoms with Crippen LogP contribution in [0.15, 0.2) is 90.6 Å². The monoisotopic (exact) mass is 641 g/mol. The number of carbonyl (C=O) groups excluding carboxylic acids is 1. The molecule has 0 unspecified atom stereocenters. The SMILES string of the molecule is O=C(Nc1cccc(-c2nc3sccn3c2-c2ccnc(Nc3ccc(N4CCOCC4)cc3)n2)c1)c1c(Cl)cccc1Cl. The van der Waals surface area contributed by atoms with Gasteiger partial charge in [-0.3, -0.25) is 9.20 Å². The maximum Gasteiger partial charge on any atom is 0.258 e. The topological polar surface area (TPSA) is 96.7 Å². The van der Waals surface area contributed by atoms with E-state index in [1.54, 1.807) is 30.5 Å². The molecule has 12 heteroatoms. The summed E-state index contributed by atoms with van der Waals surface area (Å²) in [7, 11) is 0. The van der Waals surface area contributed by atoms with Gasteiger partial charge < -0.3 is 20.3 Å². The first-order chi connectivity index (χ1) is 21.5. The molecule has 6 aromatic rings. The van der Waals surface area contributed by atoms with Gasteiger partial charge in [0.25, 0.3) is 5.91 Å². The van der Waals surface area contributed by atoms with E-state index >= 15 is 0 Å². The summed E-state index contributed by atoms with van der Waals surface area (Å²) >= 11 is 14.1. The van der Waals surface area contributed by atoms with E-state index in [1.807, 2.05) is 52.4 Å². The molecule has 3 aromatic carbocycles. The molecule has 0 spiro atoms. The highest BCUT2D eigenvalue weighted by atomic mass is 35.5. The summed E-state index contributed by atoms with van der Waals surface area (Å²) in [6, 6.07) is 22.6. The van der Waals surface area contributed by atoms with Crippen LogP contribution in [0.1, 0.15) is 10.4 Å². The van der Waals surface area contributed by atoms with Gasteiger partial charge in [-0.25, -0.2) is 15.0 Å². The van der Waals surface area contributed by atoms with E-state index in [9.17, 15) is 4.79 Å². The fourth-order valence-electron chi connectivity index (χ4n) is 5.14. The van der Waals surface area contributed by atoms with Gasteiger partial charge in [0.05, 0.1) is 40.2 Å². The molecular formula is C32H25Cl2N7O2S. The molecule has 44 heavy (non-hydrogen) atoms. The molecule has 1 saturated heterocycles. The molecule has 0 saturated carbocycles. The maximum atomic E-state index is 13.0. The van der Waals surface area contributed by atoms with Crippen molar-refractivity contribution in [3.05, 3.63) is 106 Å². The Hall–Kier alpha value is -4.48. The number of benzene rings is 3. The van der Waals surface area contributed by atoms with Crippen LogP contribution < -0.4 is 15.5 Å². The van der Waals surface area contributed by atoms with Crippen LogP contribution in [-0.4, -0.2) is 51.6 Å². The number of rotatable bonds is 7. The van der Waals surface area contributed by atoms with Crippen molar-refractivity contribution in [1.29, 1.82) is 0 Å². The van der Waals surface area contributed by atoms with Gasteiger partial charge in [0.15, 0.2) is 4.96 Å². The number of fused-ring (bicyclic) bond motifs is 1. The number of carbonyl (C=O) groups is 1. The van der Waals surface area contributed by atoms with Crippen LogP contribution in [0.2, 0.25) is 10.0 Å². The summed E-state index contributed by atoms with van der Waals surface area (Å²) in [4.78, 5) is 30.4. The van der Waals surface area contributed by atoms with E-state index in [0.29, 0.717) is 17.3 Å². The molecule has 1 aliphatic heterocycles. The predicted octanol–water partition coefficient (Wildman–Crippen LogP) is 7.66. The Balaban J connectivity index is 1.17. The van der Waals surface area contributed by atoms with Gasteiger partial charge in [0.2, 0.25) is 5.95 Å². The van der Waals surface area contributed by atoms with Crippen LogP contribution in [-0.2, 0) is 4.74 Å². The first-order valence-electron chi connectivity index (χ1n) is 13.9. The first-order valence-corrected chi connectivity index (χ1v) is 15.5. The molecule has 0 aliphatic carbocycles. The lowest BCUT2D eigenvalue weighted by atomic mass is 10.1. The largest absolute Gasteiger partial charge is 0.378 e. The molecule has 4 heterocycles. The number of morpholine rings is 1. The fraction of sp³-hybridized carbons (Fsp3) is 0.125. The van der Waals surface area contributed by atoms with E-state index in [0.717, 1.165) is 59.6 Å². The van der Waals surface area contributed by atoms with Crippen molar-refractivity contribution in [2.24, 2.45) is 0 Å². The van der Waals surface area contributed by atoms with Crippen LogP contribution in [0.5, 0.6) is 0 Å². The Bertz CT molecular complexity index is 1950. The number of amides is 1. The van der Waals surface area contributed by atoms with Gasteiger partial charge in [-0.15, -0.1) is 11.3 Å². The Morgan fingerprint density at radius 2 is 1.68 bits per heavy atom. The zero-order chi connectivity index (χ0) is 30.0. The van der Waals surface area contributed by atoms with Crippen molar-refractivity contribution in [2.45, 2.75) is 0 Å². The lowest BCUT2D eigenvalue weighted by Crippen LogP contribution is -2.36. The fourth-order valence-corrected chi connectivity index (χ4v) is 6.42. The summed E-state index contributed by atoms with van der Waals surface area (Å²) in [5, 5.41) is 8.79. The molecule has 0 radical (unpaired) electrons. The number of anilines is 4. The quantitative estimate of drug-likeness (QED) is 0.185. The number of nitrogens with one attached hydrogen (secondary N) is 2. The zero-order valence-electron chi connectivity index (χ0n) is 23.2. The van der Waals surface area contributed by atoms with E-state index in [-0.39, 0.29) is 15.6 Å². The van der Waals surface area contributed by atoms with Crippen molar-refractivity contribution in [2.75, 3.05) is 41.8 Å². The molecule has 1 fully saturated rings. The minimum atomic E-state index is -0.395. The summed E-state index contributed by atoms with van der Waals surface area (Å²) in [6.07, 6.45) is 3.70. The number of ether oxygens (including phenoxy) is 1. The minimum Gasteiger partial charge on any atom is -0.378 e. The van der Waals surface area contributed by atoms with Crippen molar-refractivity contribution in [3.63, 3.8) is 0 Å². The molecule has 3 aromatic heterocycles. The summed E-state index contributed by atoms with van der Waals surface area (Å²) in [5.41, 5.74) is 5.89. The Labute approximate surface area is 267 Å². The molecule has 0 atom stereocenters. The van der Waals surface area contributed by atoms with Gasteiger partial charge in [0.1, 0.15) is 5.69 Å². The number of halogens is 2. The van der Waals surface area contributed by atoms with E-state index in [4.69, 9.17) is 37.9 Å². The van der Waals surface area contributed by atoms with Crippen molar-refractivity contribution in [3.8, 4) is 22.6 Å². The van der Waals surface area contributed by atoms with Gasteiger partial charge in [-0.1, -0.05) is 41.4 Å². The number of nitrogens with zero attached hydrogens (tertiary/aromatic N) is 5. The third kappa shape index (κ3) is 5.72. The highest BCUT2D eigenvalue weighted by molar-refractivity contribution is 7.15. The molecule has 1 amide bonds. The van der Waals surface area contributed by atoms with Crippen LogP contribution in [0.4, 0.5) is 23.0 Å². The summed E-state index contributed by atoms with van der Waals surface area (Å²) in [5.74, 6) is 0.0728. The summed E-state index contributed by atoms with van der Waals surface area (Å²) in [6.45, 7) is 3.25. The van der Waals surface area contributed by atoms with Crippen molar-refractivity contribution >= 4 is 68.4 Å². The van der Waals surface area contributed by atoms with E-state index in [2.05, 4.69) is 32.7 Å². The average molecular weight is 643 g/mol. The highest BCUT2D eigenvalue weighted by Crippen LogP contribution is 2.35. The standard InChI is InChI=1S/C32H25Cl2N7O2S/c33-24-5-2-6-25(34)27(24)30(42)36-22-4-1-3-20(19-22)28-29(41-15-18-44-32(41)39-28)26-11-12-35-31(38-26)37-21-7-9-23(10-8-21)40-13-16-43-17-14-40/h1-12,15,18-19H,13-14,16-17H2,(H,36,42)(H,35,37,38). The second-order valence-corrected chi connectivity index (χ2v) is 11.7. The number of hydrogen-bond acceptors (Lipinski definition) is 8. The Morgan fingerprint density at radius 1 is 0.909 bits per heavy atom. The molecular weight excluding hydrogens is 617 g/mol. The van der Waals surface area contributed by atoms with E-state index < -0.39 is 5.91 Å². The number of aromatic nitrogens is 4. The maximum absolute atomic E-state index is 13.0. The Kier molecular flexibility index (Phi) is 7.88. The van der Waals surface area contributed by atoms with Gasteiger partial charge >= 0.3 is 0 Å². The third-order valence-corrected chi connectivity index (χ3v) is 8.63. The van der Waals surface area contributed by atoms with Crippen LogP contribution in [0, 0.1) is 0 Å². The molecule has 1 aliphatic rings. The molecule has 0 bridgehead atoms. The average Bonchev–Trinajstić information content (AvgIpc) is 3.64. The van der Waals surface area contributed by atoms with Crippen LogP contribution >= 0.6 is 34.5 Å². The van der Waals surface area contributed by atoms with Gasteiger partial charge in [-0.2, -0.15) is 0 Å². The highest BCUT2D eigenvalue weighted by Gasteiger charge is 2.20. The molecule has 220 valence electrons. The smallest absolute Gasteiger partial charge is 0.258 e. The van der Waals surface area contributed by atoms with Crippen molar-refractivity contribution < 1.29 is 9.53 Å². The zero-order valence-corrected chi connectivity index (χ0v) is 25.5. The minimum absolute atomic E-state index is 0.223. The first kappa shape index (κ1) is 28.3. The van der Waals surface area contributed by atoms with Crippen LogP contribution in [0.3, 0.4) is 0 Å². The predicted molar refractivity (Wildman–Crippen MR) is 177 cm³/mol. The normalized spacial score (nSPS) is 13.3. The second kappa shape index (κ2) is 12.3. The van der Waals surface area contributed by atoms with Crippen LogP contribution in [0.25, 0.3) is 27.6 Å². The lowest BCUT2D eigenvalue weighted by Gasteiger charge is -2.28. The van der Waals surface area contributed by atoms with E-state index in [1.165, 1.54) is 11.3 Å². The molecule has 7 rings (SSSR count). The lowest BCUT2D eigenvalue weighted by molar-refractivity contribution is 0.102. The van der Waals surface area contributed by atoms with Gasteiger partial charge in [-0.05, 0) is 54.6 Å². The molecule has 2 N–H and O–H groups in total. The number of imidazole rings is 1. The number of thiazole rings is 1.